The van der Waals surface area contributed by atoms with Crippen molar-refractivity contribution in [1.82, 2.24) is 14.7 Å². The molecule has 186 valence electrons. The van der Waals surface area contributed by atoms with Crippen molar-refractivity contribution in [2.24, 2.45) is 0 Å². The van der Waals surface area contributed by atoms with Crippen molar-refractivity contribution in [2.45, 2.75) is 51.3 Å². The van der Waals surface area contributed by atoms with Gasteiger partial charge in [-0.15, -0.1) is 0 Å². The quantitative estimate of drug-likeness (QED) is 0.274. The van der Waals surface area contributed by atoms with Gasteiger partial charge in [-0.05, 0) is 48.6 Å². The van der Waals surface area contributed by atoms with Gasteiger partial charge in [-0.25, -0.2) is 9.07 Å². The van der Waals surface area contributed by atoms with Crippen molar-refractivity contribution in [3.63, 3.8) is 0 Å². The summed E-state index contributed by atoms with van der Waals surface area (Å²) < 4.78 is 22.2. The predicted molar refractivity (Wildman–Crippen MR) is 139 cm³/mol. The molecule has 1 unspecified atom stereocenters. The Balaban J connectivity index is 1.54. The summed E-state index contributed by atoms with van der Waals surface area (Å²) in [6.07, 6.45) is 1.61. The van der Waals surface area contributed by atoms with E-state index in [4.69, 9.17) is 9.84 Å². The molecule has 0 spiro atoms. The SMILES string of the molecule is CC(C)c1nn(-c2ccccc2)c(Oc2cccc(F)c2)c1CN(CC(O)c1ccccc1)C1CC1. The van der Waals surface area contributed by atoms with Gasteiger partial charge in [0.25, 0.3) is 0 Å². The van der Waals surface area contributed by atoms with Gasteiger partial charge in [-0.2, -0.15) is 5.10 Å². The highest BCUT2D eigenvalue weighted by molar-refractivity contribution is 5.44. The van der Waals surface area contributed by atoms with Crippen LogP contribution in [0.1, 0.15) is 55.5 Å². The van der Waals surface area contributed by atoms with Crippen LogP contribution in [0, 0.1) is 5.82 Å². The Bertz CT molecular complexity index is 1290. The molecule has 3 aromatic carbocycles. The molecule has 5 rings (SSSR count). The molecular formula is C30H32FN3O2. The second-order valence-corrected chi connectivity index (χ2v) is 9.72. The van der Waals surface area contributed by atoms with Gasteiger partial charge in [-0.1, -0.05) is 68.4 Å². The van der Waals surface area contributed by atoms with Crippen LogP contribution < -0.4 is 4.74 Å². The zero-order chi connectivity index (χ0) is 25.1. The molecule has 36 heavy (non-hydrogen) atoms. The number of aromatic nitrogens is 2. The molecule has 0 aliphatic heterocycles. The lowest BCUT2D eigenvalue weighted by molar-refractivity contribution is 0.104. The molecule has 6 heteroatoms. The van der Waals surface area contributed by atoms with Crippen molar-refractivity contribution in [2.75, 3.05) is 6.54 Å². The third-order valence-electron chi connectivity index (χ3n) is 6.54. The maximum atomic E-state index is 14.0. The van der Waals surface area contributed by atoms with Gasteiger partial charge in [0, 0.05) is 25.2 Å². The largest absolute Gasteiger partial charge is 0.438 e. The van der Waals surface area contributed by atoms with Crippen LogP contribution in [0.3, 0.4) is 0 Å². The predicted octanol–water partition coefficient (Wildman–Crippen LogP) is 6.63. The molecule has 0 radical (unpaired) electrons. The fourth-order valence-corrected chi connectivity index (χ4v) is 4.54. The Labute approximate surface area is 211 Å². The first-order valence-electron chi connectivity index (χ1n) is 12.6. The molecule has 1 atom stereocenters. The summed E-state index contributed by atoms with van der Waals surface area (Å²) in [5.41, 5.74) is 3.68. The minimum Gasteiger partial charge on any atom is -0.438 e. The van der Waals surface area contributed by atoms with Crippen molar-refractivity contribution in [1.29, 1.82) is 0 Å². The first-order valence-corrected chi connectivity index (χ1v) is 12.6. The standard InChI is InChI=1S/C30H32FN3O2/c1-21(2)29-27(19-33(24-16-17-24)20-28(35)22-10-5-3-6-11-22)30(36-26-15-9-12-23(31)18-26)34(32-29)25-13-7-4-8-14-25/h3-15,18,21,24,28,35H,16-17,19-20H2,1-2H3. The number of ether oxygens (including phenoxy) is 1. The summed E-state index contributed by atoms with van der Waals surface area (Å²) in [7, 11) is 0. The number of rotatable bonds is 10. The number of aliphatic hydroxyl groups excluding tert-OH is 1. The molecule has 1 fully saturated rings. The summed E-state index contributed by atoms with van der Waals surface area (Å²) in [5, 5.41) is 16.0. The first-order chi connectivity index (χ1) is 17.5. The molecule has 1 N–H and O–H groups in total. The number of aliphatic hydroxyl groups is 1. The molecule has 0 amide bonds. The topological polar surface area (TPSA) is 50.5 Å². The highest BCUT2D eigenvalue weighted by Gasteiger charge is 2.34. The monoisotopic (exact) mass is 485 g/mol. The minimum absolute atomic E-state index is 0.153. The average Bonchev–Trinajstić information content (AvgIpc) is 3.68. The Morgan fingerprint density at radius 2 is 1.69 bits per heavy atom. The fraction of sp³-hybridized carbons (Fsp3) is 0.300. The van der Waals surface area contributed by atoms with E-state index >= 15 is 0 Å². The van der Waals surface area contributed by atoms with Crippen molar-refractivity contribution < 1.29 is 14.2 Å². The summed E-state index contributed by atoms with van der Waals surface area (Å²) in [6, 6.07) is 26.2. The van der Waals surface area contributed by atoms with E-state index in [1.165, 1.54) is 12.1 Å². The van der Waals surface area contributed by atoms with Gasteiger partial charge in [0.2, 0.25) is 5.88 Å². The van der Waals surface area contributed by atoms with E-state index in [0.717, 1.165) is 35.3 Å². The fourth-order valence-electron chi connectivity index (χ4n) is 4.54. The Kier molecular flexibility index (Phi) is 7.16. The lowest BCUT2D eigenvalue weighted by Crippen LogP contribution is -2.31. The molecule has 4 aromatic rings. The molecule has 0 saturated heterocycles. The number of halogens is 1. The van der Waals surface area contributed by atoms with Gasteiger partial charge in [-0.3, -0.25) is 4.90 Å². The van der Waals surface area contributed by atoms with Gasteiger partial charge in [0.15, 0.2) is 0 Å². The van der Waals surface area contributed by atoms with Crippen molar-refractivity contribution in [3.8, 4) is 17.3 Å². The summed E-state index contributed by atoms with van der Waals surface area (Å²) in [5.74, 6) is 0.802. The van der Waals surface area contributed by atoms with E-state index in [0.29, 0.717) is 30.8 Å². The highest BCUT2D eigenvalue weighted by Crippen LogP contribution is 2.38. The van der Waals surface area contributed by atoms with E-state index in [2.05, 4.69) is 18.7 Å². The summed E-state index contributed by atoms with van der Waals surface area (Å²) >= 11 is 0. The minimum atomic E-state index is -0.592. The summed E-state index contributed by atoms with van der Waals surface area (Å²) in [6.45, 7) is 5.34. The summed E-state index contributed by atoms with van der Waals surface area (Å²) in [4.78, 5) is 2.33. The van der Waals surface area contributed by atoms with Crippen LogP contribution in [0.2, 0.25) is 0 Å². The van der Waals surface area contributed by atoms with Crippen LogP contribution in [-0.4, -0.2) is 32.4 Å². The van der Waals surface area contributed by atoms with Crippen LogP contribution >= 0.6 is 0 Å². The number of para-hydroxylation sites is 1. The van der Waals surface area contributed by atoms with Crippen molar-refractivity contribution in [3.05, 3.63) is 108 Å². The normalized spacial score (nSPS) is 14.4. The Morgan fingerprint density at radius 3 is 2.33 bits per heavy atom. The van der Waals surface area contributed by atoms with E-state index in [1.807, 2.05) is 65.3 Å². The molecule has 1 aromatic heterocycles. The lowest BCUT2D eigenvalue weighted by atomic mass is 10.0. The smallest absolute Gasteiger partial charge is 0.227 e. The third-order valence-corrected chi connectivity index (χ3v) is 6.54. The van der Waals surface area contributed by atoms with Crippen LogP contribution in [-0.2, 0) is 6.54 Å². The zero-order valence-corrected chi connectivity index (χ0v) is 20.7. The molecule has 1 aliphatic carbocycles. The second kappa shape index (κ2) is 10.6. The van der Waals surface area contributed by atoms with Crippen molar-refractivity contribution >= 4 is 0 Å². The number of benzene rings is 3. The van der Waals surface area contributed by atoms with E-state index in [1.54, 1.807) is 12.1 Å². The number of hydrogen-bond donors (Lipinski definition) is 1. The first kappa shape index (κ1) is 24.2. The van der Waals surface area contributed by atoms with Crippen LogP contribution in [0.4, 0.5) is 4.39 Å². The molecular weight excluding hydrogens is 453 g/mol. The van der Waals surface area contributed by atoms with Crippen LogP contribution in [0.25, 0.3) is 5.69 Å². The number of hydrogen-bond acceptors (Lipinski definition) is 4. The Hall–Kier alpha value is -3.48. The molecule has 5 nitrogen and oxygen atoms in total. The van der Waals surface area contributed by atoms with E-state index < -0.39 is 6.10 Å². The van der Waals surface area contributed by atoms with Gasteiger partial charge >= 0.3 is 0 Å². The van der Waals surface area contributed by atoms with E-state index in [9.17, 15) is 9.50 Å². The maximum Gasteiger partial charge on any atom is 0.227 e. The molecule has 1 heterocycles. The number of nitrogens with zero attached hydrogens (tertiary/aromatic N) is 3. The Morgan fingerprint density at radius 1 is 1.00 bits per heavy atom. The van der Waals surface area contributed by atoms with Gasteiger partial charge in [0.05, 0.1) is 23.0 Å². The second-order valence-electron chi connectivity index (χ2n) is 9.72. The molecule has 0 bridgehead atoms. The van der Waals surface area contributed by atoms with Gasteiger partial charge in [0.1, 0.15) is 11.6 Å². The lowest BCUT2D eigenvalue weighted by Gasteiger charge is -2.26. The van der Waals surface area contributed by atoms with Crippen LogP contribution in [0.5, 0.6) is 11.6 Å². The molecule has 1 aliphatic rings. The zero-order valence-electron chi connectivity index (χ0n) is 20.7. The van der Waals surface area contributed by atoms with Crippen LogP contribution in [0.15, 0.2) is 84.9 Å². The third kappa shape index (κ3) is 5.50. The van der Waals surface area contributed by atoms with Gasteiger partial charge < -0.3 is 9.84 Å². The van der Waals surface area contributed by atoms with E-state index in [-0.39, 0.29) is 11.7 Å². The maximum absolute atomic E-state index is 14.0. The highest BCUT2D eigenvalue weighted by atomic mass is 19.1. The molecule has 1 saturated carbocycles. The average molecular weight is 486 g/mol.